The summed E-state index contributed by atoms with van der Waals surface area (Å²) in [7, 11) is 0. The van der Waals surface area contributed by atoms with E-state index in [0.717, 1.165) is 11.1 Å². The zero-order valence-electron chi connectivity index (χ0n) is 21.5. The number of likely N-dealkylation sites (tertiary alicyclic amines) is 1. The van der Waals surface area contributed by atoms with Crippen LogP contribution in [0.3, 0.4) is 0 Å². The lowest BCUT2D eigenvalue weighted by molar-refractivity contribution is -0.139. The number of hydrogen-bond acceptors (Lipinski definition) is 6. The number of Topliss-reactive ketones (excluding diaryl/α,β-unsaturated/α-hetero) is 1. The molecule has 5 rings (SSSR count). The zero-order valence-corrected chi connectivity index (χ0v) is 21.5. The van der Waals surface area contributed by atoms with Crippen LogP contribution in [0.15, 0.2) is 97.1 Å². The van der Waals surface area contributed by atoms with E-state index in [2.05, 4.69) is 4.98 Å². The van der Waals surface area contributed by atoms with Gasteiger partial charge in [-0.1, -0.05) is 36.4 Å². The van der Waals surface area contributed by atoms with Gasteiger partial charge in [0.15, 0.2) is 0 Å². The number of benzene rings is 3. The number of phenolic OH excluding ortho intramolecular Hbond substituents is 1. The van der Waals surface area contributed by atoms with Crippen molar-refractivity contribution >= 4 is 17.4 Å². The van der Waals surface area contributed by atoms with Crippen LogP contribution in [0, 0.1) is 6.92 Å². The van der Waals surface area contributed by atoms with Gasteiger partial charge in [-0.25, -0.2) is 4.98 Å². The second-order valence-electron chi connectivity index (χ2n) is 9.48. The predicted octanol–water partition coefficient (Wildman–Crippen LogP) is 4.99. The number of imidazole rings is 1. The average Bonchev–Trinajstić information content (AvgIpc) is 3.55. The van der Waals surface area contributed by atoms with Gasteiger partial charge in [0.1, 0.15) is 23.9 Å². The molecule has 0 spiro atoms. The lowest BCUT2D eigenvalue weighted by atomic mass is 9.95. The first-order valence-electron chi connectivity index (χ1n) is 12.7. The van der Waals surface area contributed by atoms with Crippen LogP contribution < -0.4 is 4.74 Å². The van der Waals surface area contributed by atoms with Gasteiger partial charge in [0.2, 0.25) is 0 Å². The van der Waals surface area contributed by atoms with Crippen LogP contribution in [0.1, 0.15) is 34.7 Å². The molecule has 2 N–H and O–H groups in total. The van der Waals surface area contributed by atoms with Gasteiger partial charge in [-0.3, -0.25) is 9.59 Å². The SMILES string of the molecule is Cc1ccccc1COc1ccc(C(O)=C2C(=O)C(=O)N(CCCn3ccnc3)[C@H]2c2cccc(O)c2)cc1. The molecule has 2 heterocycles. The molecule has 39 heavy (non-hydrogen) atoms. The monoisotopic (exact) mass is 523 g/mol. The van der Waals surface area contributed by atoms with Gasteiger partial charge in [-0.15, -0.1) is 0 Å². The highest BCUT2D eigenvalue weighted by atomic mass is 16.5. The Morgan fingerprint density at radius 3 is 2.51 bits per heavy atom. The molecule has 0 bridgehead atoms. The summed E-state index contributed by atoms with van der Waals surface area (Å²) >= 11 is 0. The molecule has 0 aliphatic carbocycles. The smallest absolute Gasteiger partial charge is 0.295 e. The number of aliphatic hydroxyl groups excluding tert-OH is 1. The van der Waals surface area contributed by atoms with Gasteiger partial charge in [0.05, 0.1) is 17.9 Å². The number of nitrogens with zero attached hydrogens (tertiary/aromatic N) is 3. The lowest BCUT2D eigenvalue weighted by Gasteiger charge is -2.25. The van der Waals surface area contributed by atoms with Crippen molar-refractivity contribution in [3.05, 3.63) is 119 Å². The van der Waals surface area contributed by atoms with Crippen LogP contribution in [0.4, 0.5) is 0 Å². The number of aryl methyl sites for hydroxylation is 2. The molecule has 0 radical (unpaired) electrons. The first-order chi connectivity index (χ1) is 18.9. The van der Waals surface area contributed by atoms with Crippen LogP contribution in [0.25, 0.3) is 5.76 Å². The highest BCUT2D eigenvalue weighted by Crippen LogP contribution is 2.40. The molecule has 1 aliphatic rings. The van der Waals surface area contributed by atoms with Crippen LogP contribution >= 0.6 is 0 Å². The van der Waals surface area contributed by atoms with E-state index < -0.39 is 17.7 Å². The maximum atomic E-state index is 13.2. The number of aliphatic hydroxyl groups is 1. The van der Waals surface area contributed by atoms with Gasteiger partial charge >= 0.3 is 0 Å². The first kappa shape index (κ1) is 25.8. The fourth-order valence-corrected chi connectivity index (χ4v) is 4.79. The van der Waals surface area contributed by atoms with E-state index in [1.807, 2.05) is 42.0 Å². The summed E-state index contributed by atoms with van der Waals surface area (Å²) in [5, 5.41) is 21.4. The predicted molar refractivity (Wildman–Crippen MR) is 146 cm³/mol. The summed E-state index contributed by atoms with van der Waals surface area (Å²) in [6.07, 6.45) is 5.77. The fraction of sp³-hybridized carbons (Fsp3) is 0.194. The number of carbonyl (C=O) groups is 2. The van der Waals surface area contributed by atoms with Crippen molar-refractivity contribution in [2.24, 2.45) is 0 Å². The topological polar surface area (TPSA) is 105 Å². The fourth-order valence-electron chi connectivity index (χ4n) is 4.79. The van der Waals surface area contributed by atoms with Crippen LogP contribution in [-0.2, 0) is 22.7 Å². The van der Waals surface area contributed by atoms with E-state index in [9.17, 15) is 19.8 Å². The number of rotatable bonds is 9. The second-order valence-corrected chi connectivity index (χ2v) is 9.48. The quantitative estimate of drug-likeness (QED) is 0.182. The van der Waals surface area contributed by atoms with Gasteiger partial charge in [0.25, 0.3) is 11.7 Å². The molecule has 8 heteroatoms. The number of aromatic nitrogens is 2. The highest BCUT2D eigenvalue weighted by Gasteiger charge is 2.45. The molecule has 1 atom stereocenters. The summed E-state index contributed by atoms with van der Waals surface area (Å²) in [6.45, 7) is 3.32. The number of hydrogen-bond donors (Lipinski definition) is 2. The number of ketones is 1. The number of carbonyl (C=O) groups excluding carboxylic acids is 2. The Bertz CT molecular complexity index is 1510. The number of ether oxygens (including phenoxy) is 1. The molecule has 0 unspecified atom stereocenters. The van der Waals surface area contributed by atoms with Crippen molar-refractivity contribution < 1.29 is 24.5 Å². The number of amides is 1. The Balaban J connectivity index is 1.42. The largest absolute Gasteiger partial charge is 0.508 e. The molecule has 8 nitrogen and oxygen atoms in total. The maximum Gasteiger partial charge on any atom is 0.295 e. The number of aromatic hydroxyl groups is 1. The van der Waals surface area contributed by atoms with Crippen molar-refractivity contribution in [1.29, 1.82) is 0 Å². The van der Waals surface area contributed by atoms with Crippen LogP contribution in [0.2, 0.25) is 0 Å². The van der Waals surface area contributed by atoms with Gasteiger partial charge in [-0.05, 0) is 66.4 Å². The maximum absolute atomic E-state index is 13.2. The summed E-state index contributed by atoms with van der Waals surface area (Å²) in [4.78, 5) is 31.9. The minimum atomic E-state index is -0.836. The Labute approximate surface area is 226 Å². The molecule has 1 aliphatic heterocycles. The molecule has 4 aromatic rings. The van der Waals surface area contributed by atoms with E-state index in [0.29, 0.717) is 36.4 Å². The molecular formula is C31H29N3O5. The minimum absolute atomic E-state index is 0.00616. The molecule has 1 fully saturated rings. The minimum Gasteiger partial charge on any atom is -0.508 e. The first-order valence-corrected chi connectivity index (χ1v) is 12.7. The third-order valence-corrected chi connectivity index (χ3v) is 6.88. The average molecular weight is 524 g/mol. The van der Waals surface area contributed by atoms with Gasteiger partial charge < -0.3 is 24.4 Å². The van der Waals surface area contributed by atoms with Crippen molar-refractivity contribution in [3.63, 3.8) is 0 Å². The Morgan fingerprint density at radius 1 is 1.00 bits per heavy atom. The molecule has 198 valence electrons. The summed E-state index contributed by atoms with van der Waals surface area (Å²) in [5.74, 6) is -1.10. The van der Waals surface area contributed by atoms with E-state index >= 15 is 0 Å². The van der Waals surface area contributed by atoms with Crippen molar-refractivity contribution in [2.75, 3.05) is 6.54 Å². The third kappa shape index (κ3) is 5.55. The van der Waals surface area contributed by atoms with Crippen LogP contribution in [0.5, 0.6) is 11.5 Å². The summed E-state index contributed by atoms with van der Waals surface area (Å²) in [6, 6.07) is 20.3. The van der Waals surface area contributed by atoms with Crippen molar-refractivity contribution in [2.45, 2.75) is 32.5 Å². The summed E-state index contributed by atoms with van der Waals surface area (Å²) in [5.41, 5.74) is 3.12. The molecule has 1 saturated heterocycles. The normalized spacial score (nSPS) is 16.5. The molecular weight excluding hydrogens is 494 g/mol. The Hall–Kier alpha value is -4.85. The molecule has 0 saturated carbocycles. The standard InChI is InChI=1S/C31H29N3O5/c1-21-6-2-3-7-24(21)19-39-26-12-10-22(11-13-26)29(36)27-28(23-8-4-9-25(35)18-23)34(31(38)30(27)37)16-5-15-33-17-14-32-20-33/h2-4,6-14,17-18,20,28,35-36H,5,15-16,19H2,1H3/t28-/m0/s1. The zero-order chi connectivity index (χ0) is 27.4. The summed E-state index contributed by atoms with van der Waals surface area (Å²) < 4.78 is 7.80. The Morgan fingerprint density at radius 2 is 1.79 bits per heavy atom. The lowest BCUT2D eigenvalue weighted by Crippen LogP contribution is -2.31. The van der Waals surface area contributed by atoms with E-state index in [1.54, 1.807) is 48.9 Å². The van der Waals surface area contributed by atoms with Gasteiger partial charge in [0, 0.05) is 31.0 Å². The molecule has 3 aromatic carbocycles. The van der Waals surface area contributed by atoms with Crippen LogP contribution in [-0.4, -0.2) is 42.9 Å². The van der Waals surface area contributed by atoms with Crippen molar-refractivity contribution in [3.8, 4) is 11.5 Å². The Kier molecular flexibility index (Phi) is 7.45. The van der Waals surface area contributed by atoms with E-state index in [-0.39, 0.29) is 23.6 Å². The van der Waals surface area contributed by atoms with E-state index in [4.69, 9.17) is 4.74 Å². The highest BCUT2D eigenvalue weighted by molar-refractivity contribution is 6.46. The number of phenols is 1. The van der Waals surface area contributed by atoms with Gasteiger partial charge in [-0.2, -0.15) is 0 Å². The molecule has 1 aromatic heterocycles. The van der Waals surface area contributed by atoms with E-state index in [1.165, 1.54) is 17.0 Å². The second kappa shape index (κ2) is 11.3. The van der Waals surface area contributed by atoms with Crippen molar-refractivity contribution in [1.82, 2.24) is 14.5 Å². The molecule has 1 amide bonds. The third-order valence-electron chi connectivity index (χ3n) is 6.88.